The van der Waals surface area contributed by atoms with Crippen molar-refractivity contribution >= 4 is 40.7 Å². The topological polar surface area (TPSA) is 58.1 Å². The lowest BCUT2D eigenvalue weighted by atomic mass is 10.2. The first-order valence-electron chi connectivity index (χ1n) is 7.31. The van der Waals surface area contributed by atoms with Crippen LogP contribution < -0.4 is 5.32 Å². The minimum Gasteiger partial charge on any atom is -0.342 e. The predicted octanol–water partition coefficient (Wildman–Crippen LogP) is 4.40. The smallest absolute Gasteiger partial charge is 0.256 e. The highest BCUT2D eigenvalue weighted by Gasteiger charge is 2.12. The number of halogens is 2. The molecule has 1 amide bonds. The lowest BCUT2D eigenvalue weighted by Gasteiger charge is -2.16. The van der Waals surface area contributed by atoms with E-state index in [1.54, 1.807) is 30.1 Å². The molecule has 0 atom stereocenters. The Morgan fingerprint density at radius 2 is 1.96 bits per heavy atom. The van der Waals surface area contributed by atoms with Crippen LogP contribution in [0.3, 0.4) is 0 Å². The van der Waals surface area contributed by atoms with Gasteiger partial charge in [0.2, 0.25) is 5.95 Å². The molecule has 0 aliphatic carbocycles. The molecule has 0 aliphatic heterocycles. The molecule has 7 heteroatoms. The molecular weight excluding hydrogens is 335 g/mol. The molecule has 0 fully saturated rings. The van der Waals surface area contributed by atoms with Gasteiger partial charge in [-0.15, -0.1) is 0 Å². The molecule has 0 radical (unpaired) electrons. The van der Waals surface area contributed by atoms with Gasteiger partial charge in [-0.1, -0.05) is 36.5 Å². The summed E-state index contributed by atoms with van der Waals surface area (Å²) in [4.78, 5) is 22.2. The molecule has 0 bridgehead atoms. The van der Waals surface area contributed by atoms with Crippen molar-refractivity contribution in [3.63, 3.8) is 0 Å². The molecule has 0 spiro atoms. The molecule has 2 aromatic rings. The van der Waals surface area contributed by atoms with E-state index in [4.69, 9.17) is 23.2 Å². The number of hydrogen-bond donors (Lipinski definition) is 1. The number of nitrogens with one attached hydrogen (secondary N) is 1. The molecule has 2 rings (SSSR count). The van der Waals surface area contributed by atoms with Gasteiger partial charge < -0.3 is 10.2 Å². The average molecular weight is 353 g/mol. The van der Waals surface area contributed by atoms with Crippen molar-refractivity contribution in [2.24, 2.45) is 0 Å². The fourth-order valence-corrected chi connectivity index (χ4v) is 2.27. The van der Waals surface area contributed by atoms with Gasteiger partial charge in [0.25, 0.3) is 5.91 Å². The minimum atomic E-state index is -0.0919. The standard InChI is InChI=1S/C16H18Cl2N4O/c1-3-4-7-22(2)15(23)11-9-19-16(20-10-11)21-14-8-12(17)5-6-13(14)18/h5-6,8-10H,3-4,7H2,1-2H3,(H,19,20,21). The maximum absolute atomic E-state index is 12.2. The largest absolute Gasteiger partial charge is 0.342 e. The third kappa shape index (κ3) is 4.81. The van der Waals surface area contributed by atoms with Gasteiger partial charge >= 0.3 is 0 Å². The Morgan fingerprint density at radius 1 is 1.26 bits per heavy atom. The zero-order chi connectivity index (χ0) is 16.8. The van der Waals surface area contributed by atoms with E-state index in [0.717, 1.165) is 12.8 Å². The van der Waals surface area contributed by atoms with Crippen molar-refractivity contribution in [2.75, 3.05) is 18.9 Å². The Kier molecular flexibility index (Phi) is 6.19. The van der Waals surface area contributed by atoms with Crippen LogP contribution in [-0.2, 0) is 0 Å². The van der Waals surface area contributed by atoms with E-state index in [0.29, 0.717) is 33.8 Å². The fraction of sp³-hybridized carbons (Fsp3) is 0.312. The Morgan fingerprint density at radius 3 is 2.61 bits per heavy atom. The predicted molar refractivity (Wildman–Crippen MR) is 93.6 cm³/mol. The summed E-state index contributed by atoms with van der Waals surface area (Å²) >= 11 is 12.0. The lowest BCUT2D eigenvalue weighted by Crippen LogP contribution is -2.27. The van der Waals surface area contributed by atoms with Gasteiger partial charge in [-0.05, 0) is 24.6 Å². The van der Waals surface area contributed by atoms with Gasteiger partial charge in [0.05, 0.1) is 16.3 Å². The molecule has 23 heavy (non-hydrogen) atoms. The van der Waals surface area contributed by atoms with Crippen molar-refractivity contribution in [1.82, 2.24) is 14.9 Å². The van der Waals surface area contributed by atoms with Crippen LogP contribution in [0.4, 0.5) is 11.6 Å². The highest BCUT2D eigenvalue weighted by molar-refractivity contribution is 6.35. The molecule has 1 aromatic carbocycles. The first-order chi connectivity index (χ1) is 11.0. The first kappa shape index (κ1) is 17.5. The number of rotatable bonds is 6. The second-order valence-corrected chi connectivity index (χ2v) is 5.97. The summed E-state index contributed by atoms with van der Waals surface area (Å²) in [6, 6.07) is 5.07. The van der Waals surface area contributed by atoms with Crippen LogP contribution in [0.5, 0.6) is 0 Å². The number of nitrogens with zero attached hydrogens (tertiary/aromatic N) is 3. The summed E-state index contributed by atoms with van der Waals surface area (Å²) in [6.07, 6.45) is 5.00. The number of amides is 1. The Labute approximate surface area is 145 Å². The van der Waals surface area contributed by atoms with E-state index in [2.05, 4.69) is 22.2 Å². The number of anilines is 2. The summed E-state index contributed by atoms with van der Waals surface area (Å²) in [5.74, 6) is 0.257. The van der Waals surface area contributed by atoms with E-state index in [1.807, 2.05) is 0 Å². The van der Waals surface area contributed by atoms with Crippen LogP contribution in [-0.4, -0.2) is 34.4 Å². The van der Waals surface area contributed by atoms with Gasteiger partial charge in [-0.3, -0.25) is 4.79 Å². The Balaban J connectivity index is 2.07. The Hall–Kier alpha value is -1.85. The van der Waals surface area contributed by atoms with E-state index >= 15 is 0 Å². The first-order valence-corrected chi connectivity index (χ1v) is 8.06. The highest BCUT2D eigenvalue weighted by Crippen LogP contribution is 2.27. The van der Waals surface area contributed by atoms with E-state index in [9.17, 15) is 4.79 Å². The fourth-order valence-electron chi connectivity index (χ4n) is 1.93. The van der Waals surface area contributed by atoms with Crippen LogP contribution in [0.15, 0.2) is 30.6 Å². The molecule has 0 saturated heterocycles. The molecular formula is C16H18Cl2N4O. The molecule has 1 aromatic heterocycles. The molecule has 0 unspecified atom stereocenters. The van der Waals surface area contributed by atoms with Crippen LogP contribution in [0.1, 0.15) is 30.1 Å². The van der Waals surface area contributed by atoms with Gasteiger partial charge in [0.1, 0.15) is 0 Å². The monoisotopic (exact) mass is 352 g/mol. The van der Waals surface area contributed by atoms with E-state index in [1.165, 1.54) is 12.4 Å². The zero-order valence-electron chi connectivity index (χ0n) is 13.0. The zero-order valence-corrected chi connectivity index (χ0v) is 14.5. The number of carbonyl (C=O) groups is 1. The molecule has 122 valence electrons. The van der Waals surface area contributed by atoms with Gasteiger partial charge in [0, 0.05) is 31.0 Å². The quantitative estimate of drug-likeness (QED) is 0.836. The third-order valence-electron chi connectivity index (χ3n) is 3.27. The molecule has 1 N–H and O–H groups in total. The summed E-state index contributed by atoms with van der Waals surface area (Å²) in [7, 11) is 1.77. The normalized spacial score (nSPS) is 10.4. The average Bonchev–Trinajstić information content (AvgIpc) is 2.56. The van der Waals surface area contributed by atoms with Crippen molar-refractivity contribution in [3.05, 3.63) is 46.2 Å². The number of hydrogen-bond acceptors (Lipinski definition) is 4. The number of aromatic nitrogens is 2. The molecule has 1 heterocycles. The highest BCUT2D eigenvalue weighted by atomic mass is 35.5. The maximum Gasteiger partial charge on any atom is 0.256 e. The lowest BCUT2D eigenvalue weighted by molar-refractivity contribution is 0.0792. The summed E-state index contributed by atoms with van der Waals surface area (Å²) in [6.45, 7) is 2.80. The van der Waals surface area contributed by atoms with Crippen LogP contribution >= 0.6 is 23.2 Å². The van der Waals surface area contributed by atoms with E-state index in [-0.39, 0.29) is 5.91 Å². The van der Waals surface area contributed by atoms with Crippen molar-refractivity contribution in [3.8, 4) is 0 Å². The molecule has 5 nitrogen and oxygen atoms in total. The SMILES string of the molecule is CCCCN(C)C(=O)c1cnc(Nc2cc(Cl)ccc2Cl)nc1. The van der Waals surface area contributed by atoms with Gasteiger partial charge in [-0.2, -0.15) is 0 Å². The Bertz CT molecular complexity index is 676. The van der Waals surface area contributed by atoms with Crippen molar-refractivity contribution < 1.29 is 4.79 Å². The molecule has 0 saturated carbocycles. The summed E-state index contributed by atoms with van der Waals surface area (Å²) < 4.78 is 0. The number of unbranched alkanes of at least 4 members (excludes halogenated alkanes) is 1. The second kappa shape index (κ2) is 8.13. The van der Waals surface area contributed by atoms with Gasteiger partial charge in [0.15, 0.2) is 0 Å². The van der Waals surface area contributed by atoms with Gasteiger partial charge in [-0.25, -0.2) is 9.97 Å². The molecule has 0 aliphatic rings. The van der Waals surface area contributed by atoms with Crippen molar-refractivity contribution in [1.29, 1.82) is 0 Å². The number of benzene rings is 1. The van der Waals surface area contributed by atoms with Crippen LogP contribution in [0.25, 0.3) is 0 Å². The van der Waals surface area contributed by atoms with Crippen LogP contribution in [0, 0.1) is 0 Å². The number of carbonyl (C=O) groups excluding carboxylic acids is 1. The minimum absolute atomic E-state index is 0.0919. The van der Waals surface area contributed by atoms with Crippen molar-refractivity contribution in [2.45, 2.75) is 19.8 Å². The maximum atomic E-state index is 12.2. The summed E-state index contributed by atoms with van der Waals surface area (Å²) in [5.41, 5.74) is 1.06. The third-order valence-corrected chi connectivity index (χ3v) is 3.83. The summed E-state index contributed by atoms with van der Waals surface area (Å²) in [5, 5.41) is 4.05. The van der Waals surface area contributed by atoms with E-state index < -0.39 is 0 Å². The van der Waals surface area contributed by atoms with Crippen LogP contribution in [0.2, 0.25) is 10.0 Å². The second-order valence-electron chi connectivity index (χ2n) is 5.12.